The van der Waals surface area contributed by atoms with Crippen LogP contribution in [0.4, 0.5) is 48.7 Å². The lowest BCUT2D eigenvalue weighted by Gasteiger charge is -2.21. The van der Waals surface area contributed by atoms with E-state index >= 15 is 0 Å². The third kappa shape index (κ3) is 9.02. The third-order valence-corrected chi connectivity index (χ3v) is 6.04. The molecule has 0 aliphatic rings. The summed E-state index contributed by atoms with van der Waals surface area (Å²) in [6, 6.07) is 2.59. The number of hydrazine groups is 1. The number of carbonyl (C=O) groups is 2. The molecule has 0 radical (unpaired) electrons. The number of nitrogens with one attached hydrogen (secondary N) is 2. The molecule has 2 aromatic carbocycles. The van der Waals surface area contributed by atoms with E-state index in [9.17, 15) is 53.5 Å². The number of urea groups is 1. The zero-order valence-electron chi connectivity index (χ0n) is 19.1. The van der Waals surface area contributed by atoms with Crippen molar-refractivity contribution in [2.45, 2.75) is 24.4 Å². The molecule has 0 spiro atoms. The molecule has 0 aliphatic carbocycles. The third-order valence-electron chi connectivity index (χ3n) is 4.83. The van der Waals surface area contributed by atoms with Gasteiger partial charge >= 0.3 is 24.6 Å². The number of benzene rings is 2. The first kappa shape index (κ1) is 32.2. The normalized spacial score (nSPS) is 13.6. The summed E-state index contributed by atoms with van der Waals surface area (Å²) in [5.41, 5.74) is -2.80. The Morgan fingerprint density at radius 1 is 1.03 bits per heavy atom. The number of rotatable bonds is 5. The van der Waals surface area contributed by atoms with Crippen molar-refractivity contribution in [2.75, 3.05) is 13.6 Å². The molecule has 17 heteroatoms. The highest BCUT2D eigenvalue weighted by Crippen LogP contribution is 2.41. The van der Waals surface area contributed by atoms with Gasteiger partial charge in [0.1, 0.15) is 18.3 Å². The van der Waals surface area contributed by atoms with Gasteiger partial charge in [-0.25, -0.2) is 14.2 Å². The van der Waals surface area contributed by atoms with E-state index in [0.717, 1.165) is 25.2 Å². The Morgan fingerprint density at radius 3 is 2.15 bits per heavy atom. The lowest BCUT2D eigenvalue weighted by atomic mass is 9.95. The van der Waals surface area contributed by atoms with Gasteiger partial charge in [-0.15, -0.1) is 0 Å². The number of hydrogen-bond donors (Lipinski definition) is 2. The van der Waals surface area contributed by atoms with E-state index in [0.29, 0.717) is 12.1 Å². The first-order valence-electron chi connectivity index (χ1n) is 10.2. The fourth-order valence-corrected chi connectivity index (χ4v) is 3.53. The van der Waals surface area contributed by atoms with Crippen LogP contribution in [-0.4, -0.2) is 42.9 Å². The van der Waals surface area contributed by atoms with Gasteiger partial charge in [0, 0.05) is 17.1 Å². The van der Waals surface area contributed by atoms with Crippen molar-refractivity contribution in [1.29, 1.82) is 0 Å². The van der Waals surface area contributed by atoms with Crippen LogP contribution in [0.2, 0.25) is 5.02 Å². The number of carbonyl (C=O) groups excluding carboxylic acids is 2. The second kappa shape index (κ2) is 12.0. The van der Waals surface area contributed by atoms with Crippen molar-refractivity contribution in [2.24, 2.45) is 0 Å². The SMILES string of the molecule is CN(NC(=O)c1ccc(/C(F)=C/C(c2ccc(Cl)c(Br)c2)C(F)(F)F)cc1C(F)(F)F)C(=O)NCC(F)(F)F. The van der Waals surface area contributed by atoms with Gasteiger partial charge in [-0.2, -0.15) is 39.5 Å². The van der Waals surface area contributed by atoms with E-state index in [4.69, 9.17) is 11.6 Å². The highest BCUT2D eigenvalue weighted by atomic mass is 79.9. The number of nitrogens with zero attached hydrogens (tertiary/aromatic N) is 1. The monoisotopic (exact) mass is 657 g/mol. The second-order valence-corrected chi connectivity index (χ2v) is 9.00. The summed E-state index contributed by atoms with van der Waals surface area (Å²) >= 11 is 8.69. The van der Waals surface area contributed by atoms with Gasteiger partial charge in [0.25, 0.3) is 5.91 Å². The zero-order valence-corrected chi connectivity index (χ0v) is 21.5. The minimum Gasteiger partial charge on any atom is -0.327 e. The Labute approximate surface area is 226 Å². The number of amides is 3. The standard InChI is InChI=1S/C22H15BrClF10N3O2/c1-37(19(39)35-9-20(26,27)28)36-18(38)12-4-2-11(6-14(12)22(32,33)34)17(25)8-13(21(29,30)31)10-3-5-16(24)15(23)7-10/h2-8,13H,9H2,1H3,(H,35,39)(H,36,38)/b17-8-. The van der Waals surface area contributed by atoms with Crippen LogP contribution in [0.1, 0.15) is 33.0 Å². The Kier molecular flexibility index (Phi) is 9.93. The molecule has 0 aliphatic heterocycles. The Balaban J connectivity index is 2.42. The molecule has 3 amide bonds. The molecule has 1 unspecified atom stereocenters. The van der Waals surface area contributed by atoms with Crippen molar-refractivity contribution in [3.63, 3.8) is 0 Å². The summed E-state index contributed by atoms with van der Waals surface area (Å²) in [4.78, 5) is 24.0. The molecule has 0 fully saturated rings. The van der Waals surface area contributed by atoms with Crippen LogP contribution < -0.4 is 10.7 Å². The van der Waals surface area contributed by atoms with Gasteiger partial charge in [0.2, 0.25) is 0 Å². The maximum atomic E-state index is 14.9. The van der Waals surface area contributed by atoms with Crippen molar-refractivity contribution in [3.8, 4) is 0 Å². The van der Waals surface area contributed by atoms with E-state index < -0.39 is 71.0 Å². The quantitative estimate of drug-likeness (QED) is 0.257. The lowest BCUT2D eigenvalue weighted by Crippen LogP contribution is -2.50. The van der Waals surface area contributed by atoms with E-state index in [-0.39, 0.29) is 26.6 Å². The molecule has 5 nitrogen and oxygen atoms in total. The molecule has 2 rings (SSSR count). The fourth-order valence-electron chi connectivity index (χ4n) is 3.01. The lowest BCUT2D eigenvalue weighted by molar-refractivity contribution is -0.140. The summed E-state index contributed by atoms with van der Waals surface area (Å²) in [5.74, 6) is -5.92. The van der Waals surface area contributed by atoms with Crippen molar-refractivity contribution < 1.29 is 53.5 Å². The van der Waals surface area contributed by atoms with Gasteiger partial charge in [-0.05, 0) is 51.8 Å². The maximum Gasteiger partial charge on any atom is 0.417 e. The molecule has 1 atom stereocenters. The fraction of sp³-hybridized carbons (Fsp3) is 0.273. The van der Waals surface area contributed by atoms with Gasteiger partial charge in [-0.3, -0.25) is 10.2 Å². The number of hydrogen-bond acceptors (Lipinski definition) is 2. The zero-order chi connectivity index (χ0) is 29.9. The average molecular weight is 659 g/mol. The van der Waals surface area contributed by atoms with E-state index in [1.807, 2.05) is 0 Å². The number of halogens is 12. The number of allylic oxidation sites excluding steroid dienone is 1. The first-order chi connectivity index (χ1) is 17.7. The van der Waals surface area contributed by atoms with Crippen LogP contribution in [-0.2, 0) is 6.18 Å². The Morgan fingerprint density at radius 2 is 1.64 bits per heavy atom. The first-order valence-corrected chi connectivity index (χ1v) is 11.4. The highest BCUT2D eigenvalue weighted by Gasteiger charge is 2.41. The molecule has 39 heavy (non-hydrogen) atoms. The second-order valence-electron chi connectivity index (χ2n) is 7.74. The molecule has 2 N–H and O–H groups in total. The van der Waals surface area contributed by atoms with Gasteiger partial charge < -0.3 is 5.32 Å². The van der Waals surface area contributed by atoms with Crippen molar-refractivity contribution >= 4 is 45.3 Å². The van der Waals surface area contributed by atoms with Gasteiger partial charge in [0.05, 0.1) is 16.1 Å². The summed E-state index contributed by atoms with van der Waals surface area (Å²) in [6.07, 6.45) is -15.2. The molecule has 0 heterocycles. The minimum atomic E-state index is -5.33. The topological polar surface area (TPSA) is 61.4 Å². The van der Waals surface area contributed by atoms with Crippen LogP contribution in [0.25, 0.3) is 5.83 Å². The predicted molar refractivity (Wildman–Crippen MR) is 123 cm³/mol. The molecule has 214 valence electrons. The molecule has 0 aromatic heterocycles. The van der Waals surface area contributed by atoms with Crippen molar-refractivity contribution in [1.82, 2.24) is 15.8 Å². The summed E-state index contributed by atoms with van der Waals surface area (Å²) in [7, 11) is 0.736. The van der Waals surface area contributed by atoms with Gasteiger partial charge in [0.15, 0.2) is 0 Å². The Bertz CT molecular complexity index is 1260. The highest BCUT2D eigenvalue weighted by molar-refractivity contribution is 9.10. The maximum absolute atomic E-state index is 14.9. The molecule has 2 aromatic rings. The van der Waals surface area contributed by atoms with E-state index in [1.165, 1.54) is 5.32 Å². The van der Waals surface area contributed by atoms with Crippen LogP contribution in [0.5, 0.6) is 0 Å². The summed E-state index contributed by atoms with van der Waals surface area (Å²) in [6.45, 7) is -1.80. The van der Waals surface area contributed by atoms with Crippen LogP contribution >= 0.6 is 27.5 Å². The number of alkyl halides is 9. The summed E-state index contributed by atoms with van der Waals surface area (Å²) < 4.78 is 134. The van der Waals surface area contributed by atoms with Crippen molar-refractivity contribution in [3.05, 3.63) is 74.2 Å². The van der Waals surface area contributed by atoms with E-state index in [1.54, 1.807) is 5.43 Å². The molecular weight excluding hydrogens is 644 g/mol. The molecule has 0 saturated carbocycles. The minimum absolute atomic E-state index is 0.0453. The van der Waals surface area contributed by atoms with Crippen LogP contribution in [0.15, 0.2) is 46.9 Å². The largest absolute Gasteiger partial charge is 0.417 e. The molecular formula is C22H15BrClF10N3O2. The molecule has 0 saturated heterocycles. The average Bonchev–Trinajstić information content (AvgIpc) is 2.80. The molecule has 0 bridgehead atoms. The smallest absolute Gasteiger partial charge is 0.327 e. The Hall–Kier alpha value is -3.01. The summed E-state index contributed by atoms with van der Waals surface area (Å²) in [5, 5.41) is 1.56. The van der Waals surface area contributed by atoms with Gasteiger partial charge in [-0.1, -0.05) is 23.7 Å². The van der Waals surface area contributed by atoms with Crippen LogP contribution in [0.3, 0.4) is 0 Å². The predicted octanol–water partition coefficient (Wildman–Crippen LogP) is 7.63. The van der Waals surface area contributed by atoms with E-state index in [2.05, 4.69) is 15.9 Å². The van der Waals surface area contributed by atoms with Crippen LogP contribution in [0, 0.1) is 0 Å².